The summed E-state index contributed by atoms with van der Waals surface area (Å²) in [7, 11) is 0. The summed E-state index contributed by atoms with van der Waals surface area (Å²) in [6, 6.07) is 9.47. The van der Waals surface area contributed by atoms with Crippen molar-refractivity contribution in [3.8, 4) is 0 Å². The fourth-order valence-corrected chi connectivity index (χ4v) is 1.57. The molecule has 82 valence electrons. The van der Waals surface area contributed by atoms with Gasteiger partial charge < -0.3 is 11.1 Å². The maximum absolute atomic E-state index is 6.00. The fourth-order valence-electron chi connectivity index (χ4n) is 1.39. The molecule has 1 heterocycles. The van der Waals surface area contributed by atoms with E-state index in [9.17, 15) is 0 Å². The van der Waals surface area contributed by atoms with E-state index < -0.39 is 0 Å². The molecule has 0 fully saturated rings. The minimum Gasteiger partial charge on any atom is -0.398 e. The zero-order chi connectivity index (χ0) is 11.4. The van der Waals surface area contributed by atoms with E-state index >= 15 is 0 Å². The molecule has 0 bridgehead atoms. The number of para-hydroxylation sites is 1. The van der Waals surface area contributed by atoms with Gasteiger partial charge in [-0.25, -0.2) is 0 Å². The predicted molar refractivity (Wildman–Crippen MR) is 67.4 cm³/mol. The van der Waals surface area contributed by atoms with E-state index in [1.807, 2.05) is 24.3 Å². The molecule has 1 aromatic heterocycles. The van der Waals surface area contributed by atoms with Gasteiger partial charge in [0, 0.05) is 18.4 Å². The van der Waals surface area contributed by atoms with Gasteiger partial charge in [0.25, 0.3) is 0 Å². The van der Waals surface area contributed by atoms with E-state index in [1.54, 1.807) is 18.5 Å². The van der Waals surface area contributed by atoms with Crippen LogP contribution in [0.5, 0.6) is 0 Å². The van der Waals surface area contributed by atoms with Crippen molar-refractivity contribution >= 4 is 23.0 Å². The van der Waals surface area contributed by atoms with Crippen LogP contribution in [-0.4, -0.2) is 4.98 Å². The molecule has 0 spiro atoms. The molecule has 3 N–H and O–H groups in total. The van der Waals surface area contributed by atoms with Crippen LogP contribution in [0.1, 0.15) is 5.56 Å². The van der Waals surface area contributed by atoms with Gasteiger partial charge in [0.05, 0.1) is 16.9 Å². The number of nitrogens with one attached hydrogen (secondary N) is 1. The second-order valence-corrected chi connectivity index (χ2v) is 3.82. The maximum atomic E-state index is 6.00. The van der Waals surface area contributed by atoms with E-state index in [4.69, 9.17) is 17.3 Å². The van der Waals surface area contributed by atoms with Gasteiger partial charge in [-0.15, -0.1) is 0 Å². The molecule has 0 aliphatic carbocycles. The average molecular weight is 234 g/mol. The van der Waals surface area contributed by atoms with Crippen LogP contribution in [0.3, 0.4) is 0 Å². The summed E-state index contributed by atoms with van der Waals surface area (Å²) < 4.78 is 0. The molecule has 1 aromatic carbocycles. The van der Waals surface area contributed by atoms with Crippen LogP contribution in [0.4, 0.5) is 11.4 Å². The molecule has 0 radical (unpaired) electrons. The molecule has 0 saturated heterocycles. The molecular weight excluding hydrogens is 222 g/mol. The number of anilines is 2. The van der Waals surface area contributed by atoms with Crippen molar-refractivity contribution in [1.82, 2.24) is 4.98 Å². The Morgan fingerprint density at radius 2 is 2.06 bits per heavy atom. The number of pyridine rings is 1. The Kier molecular flexibility index (Phi) is 3.27. The number of benzene rings is 1. The van der Waals surface area contributed by atoms with E-state index in [0.29, 0.717) is 11.6 Å². The minimum atomic E-state index is 0.637. The third kappa shape index (κ3) is 2.44. The van der Waals surface area contributed by atoms with Gasteiger partial charge in [0.1, 0.15) is 0 Å². The van der Waals surface area contributed by atoms with Crippen molar-refractivity contribution in [2.75, 3.05) is 11.1 Å². The van der Waals surface area contributed by atoms with Gasteiger partial charge in [-0.2, -0.15) is 0 Å². The highest BCUT2D eigenvalue weighted by atomic mass is 35.5. The van der Waals surface area contributed by atoms with E-state index in [-0.39, 0.29) is 0 Å². The number of nitrogens with zero attached hydrogens (tertiary/aromatic N) is 1. The SMILES string of the molecule is Nc1ccccc1CNc1cnccc1Cl. The van der Waals surface area contributed by atoms with Crippen molar-refractivity contribution in [2.45, 2.75) is 6.54 Å². The van der Waals surface area contributed by atoms with Gasteiger partial charge in [0.2, 0.25) is 0 Å². The molecule has 4 heteroatoms. The Labute approximate surface area is 99.3 Å². The highest BCUT2D eigenvalue weighted by Gasteiger charge is 2.00. The average Bonchev–Trinajstić information content (AvgIpc) is 2.30. The van der Waals surface area contributed by atoms with Crippen LogP contribution >= 0.6 is 11.6 Å². The van der Waals surface area contributed by atoms with Crippen LogP contribution in [0.15, 0.2) is 42.7 Å². The monoisotopic (exact) mass is 233 g/mol. The first-order valence-electron chi connectivity index (χ1n) is 4.94. The summed E-state index contributed by atoms with van der Waals surface area (Å²) in [6.07, 6.45) is 3.35. The number of nitrogens with two attached hydrogens (primary N) is 1. The summed E-state index contributed by atoms with van der Waals surface area (Å²) >= 11 is 6.00. The lowest BCUT2D eigenvalue weighted by Gasteiger charge is -2.09. The van der Waals surface area contributed by atoms with Crippen molar-refractivity contribution < 1.29 is 0 Å². The van der Waals surface area contributed by atoms with Gasteiger partial charge >= 0.3 is 0 Å². The van der Waals surface area contributed by atoms with Crippen LogP contribution in [0, 0.1) is 0 Å². The van der Waals surface area contributed by atoms with Crippen LogP contribution in [0.2, 0.25) is 5.02 Å². The maximum Gasteiger partial charge on any atom is 0.0718 e. The lowest BCUT2D eigenvalue weighted by molar-refractivity contribution is 1.14. The summed E-state index contributed by atoms with van der Waals surface area (Å²) in [5.74, 6) is 0. The smallest absolute Gasteiger partial charge is 0.0718 e. The molecule has 2 aromatic rings. The molecule has 3 nitrogen and oxygen atoms in total. The number of halogens is 1. The first-order chi connectivity index (χ1) is 7.77. The third-order valence-corrected chi connectivity index (χ3v) is 2.62. The Bertz CT molecular complexity index is 440. The Balaban J connectivity index is 2.09. The first-order valence-corrected chi connectivity index (χ1v) is 5.32. The summed E-state index contributed by atoms with van der Waals surface area (Å²) in [6.45, 7) is 0.637. The normalized spacial score (nSPS) is 10.1. The Hall–Kier alpha value is -1.74. The van der Waals surface area contributed by atoms with Gasteiger partial charge in [-0.05, 0) is 17.7 Å². The predicted octanol–water partition coefficient (Wildman–Crippen LogP) is 2.93. The topological polar surface area (TPSA) is 50.9 Å². The standard InChI is InChI=1S/C12H12ClN3/c13-10-5-6-15-8-12(10)16-7-9-3-1-2-4-11(9)14/h1-6,8,16H,7,14H2. The van der Waals surface area contributed by atoms with E-state index in [2.05, 4.69) is 10.3 Å². The zero-order valence-corrected chi connectivity index (χ0v) is 9.41. The van der Waals surface area contributed by atoms with Gasteiger partial charge in [-0.3, -0.25) is 4.98 Å². The quantitative estimate of drug-likeness (QED) is 0.802. The van der Waals surface area contributed by atoms with Crippen molar-refractivity contribution in [1.29, 1.82) is 0 Å². The molecule has 0 atom stereocenters. The minimum absolute atomic E-state index is 0.637. The lowest BCUT2D eigenvalue weighted by Crippen LogP contribution is -2.03. The second kappa shape index (κ2) is 4.86. The molecular formula is C12H12ClN3. The molecule has 0 saturated carbocycles. The van der Waals surface area contributed by atoms with Crippen molar-refractivity contribution in [3.05, 3.63) is 53.3 Å². The molecule has 0 amide bonds. The van der Waals surface area contributed by atoms with Crippen molar-refractivity contribution in [2.24, 2.45) is 0 Å². The highest BCUT2D eigenvalue weighted by molar-refractivity contribution is 6.33. The number of rotatable bonds is 3. The third-order valence-electron chi connectivity index (χ3n) is 2.29. The largest absolute Gasteiger partial charge is 0.398 e. The Morgan fingerprint density at radius 1 is 1.25 bits per heavy atom. The number of aromatic nitrogens is 1. The van der Waals surface area contributed by atoms with Crippen LogP contribution in [0.25, 0.3) is 0 Å². The summed E-state index contributed by atoms with van der Waals surface area (Å²) in [5, 5.41) is 3.85. The molecule has 0 aliphatic heterocycles. The number of hydrogen-bond acceptors (Lipinski definition) is 3. The summed E-state index contributed by atoms with van der Waals surface area (Å²) in [4.78, 5) is 4.00. The Morgan fingerprint density at radius 3 is 2.81 bits per heavy atom. The van der Waals surface area contributed by atoms with Gasteiger partial charge in [0.15, 0.2) is 0 Å². The van der Waals surface area contributed by atoms with Crippen LogP contribution in [-0.2, 0) is 6.54 Å². The van der Waals surface area contributed by atoms with E-state index in [0.717, 1.165) is 16.9 Å². The molecule has 0 aliphatic rings. The summed E-state index contributed by atoms with van der Waals surface area (Å²) in [5.41, 5.74) is 8.46. The molecule has 2 rings (SSSR count). The zero-order valence-electron chi connectivity index (χ0n) is 8.65. The van der Waals surface area contributed by atoms with Crippen molar-refractivity contribution in [3.63, 3.8) is 0 Å². The van der Waals surface area contributed by atoms with Crippen LogP contribution < -0.4 is 11.1 Å². The second-order valence-electron chi connectivity index (χ2n) is 3.41. The number of hydrogen-bond donors (Lipinski definition) is 2. The van der Waals surface area contributed by atoms with E-state index in [1.165, 1.54) is 0 Å². The number of nitrogen functional groups attached to an aromatic ring is 1. The van der Waals surface area contributed by atoms with Gasteiger partial charge in [-0.1, -0.05) is 29.8 Å². The molecule has 0 unspecified atom stereocenters. The molecule has 16 heavy (non-hydrogen) atoms. The fraction of sp³-hybridized carbons (Fsp3) is 0.0833. The lowest BCUT2D eigenvalue weighted by atomic mass is 10.2. The highest BCUT2D eigenvalue weighted by Crippen LogP contribution is 2.20. The first kappa shape index (κ1) is 10.8.